The first-order valence-electron chi connectivity index (χ1n) is 20.8. The van der Waals surface area contributed by atoms with E-state index in [1.165, 1.54) is 33.0 Å². The van der Waals surface area contributed by atoms with Crippen LogP contribution in [-0.2, 0) is 0 Å². The molecule has 1 aromatic heterocycles. The molecule has 2 heterocycles. The smallest absolute Gasteiger partial charge is 0.143 e. The van der Waals surface area contributed by atoms with Gasteiger partial charge in [-0.3, -0.25) is 0 Å². The van der Waals surface area contributed by atoms with Crippen molar-refractivity contribution in [2.75, 3.05) is 9.80 Å². The lowest BCUT2D eigenvalue weighted by Crippen LogP contribution is -2.13. The second-order valence-corrected chi connectivity index (χ2v) is 15.6. The molecule has 286 valence electrons. The molecule has 0 saturated heterocycles. The summed E-state index contributed by atoms with van der Waals surface area (Å²) in [4.78, 5) is 4.80. The monoisotopic (exact) mass is 778 g/mol. The Morgan fingerprint density at radius 3 is 1.51 bits per heavy atom. The van der Waals surface area contributed by atoms with Gasteiger partial charge in [0.1, 0.15) is 11.2 Å². The average molecular weight is 779 g/mol. The Hall–Kier alpha value is -8.14. The Balaban J connectivity index is 1.01. The summed E-state index contributed by atoms with van der Waals surface area (Å²) >= 11 is 0. The van der Waals surface area contributed by atoms with E-state index in [1.54, 1.807) is 0 Å². The van der Waals surface area contributed by atoms with Crippen LogP contribution >= 0.6 is 0 Å². The molecule has 0 atom stereocenters. The fourth-order valence-corrected chi connectivity index (χ4v) is 9.44. The number of rotatable bonds is 6. The van der Waals surface area contributed by atoms with Gasteiger partial charge < -0.3 is 14.2 Å². The molecule has 0 spiro atoms. The van der Waals surface area contributed by atoms with Crippen molar-refractivity contribution in [1.82, 2.24) is 0 Å². The second kappa shape index (κ2) is 14.3. The topological polar surface area (TPSA) is 19.6 Å². The van der Waals surface area contributed by atoms with Gasteiger partial charge in [-0.1, -0.05) is 176 Å². The van der Waals surface area contributed by atoms with Crippen molar-refractivity contribution >= 4 is 66.8 Å². The molecule has 10 aromatic carbocycles. The van der Waals surface area contributed by atoms with E-state index >= 15 is 0 Å². The normalized spacial score (nSPS) is 11.9. The molecular formula is C58H38N2O. The number of hydrogen-bond acceptors (Lipinski definition) is 3. The van der Waals surface area contributed by atoms with Crippen molar-refractivity contribution in [2.45, 2.75) is 0 Å². The van der Waals surface area contributed by atoms with Crippen molar-refractivity contribution < 1.29 is 4.42 Å². The second-order valence-electron chi connectivity index (χ2n) is 15.6. The molecule has 3 nitrogen and oxygen atoms in total. The van der Waals surface area contributed by atoms with Crippen molar-refractivity contribution in [3.05, 3.63) is 231 Å². The number of nitrogens with zero attached hydrogens (tertiary/aromatic N) is 2. The van der Waals surface area contributed by atoms with Crippen molar-refractivity contribution in [3.63, 3.8) is 0 Å². The van der Waals surface area contributed by atoms with E-state index in [1.807, 2.05) is 0 Å². The van der Waals surface area contributed by atoms with Gasteiger partial charge in [0, 0.05) is 55.5 Å². The van der Waals surface area contributed by atoms with E-state index in [0.29, 0.717) is 0 Å². The van der Waals surface area contributed by atoms with E-state index in [2.05, 4.69) is 240 Å². The highest BCUT2D eigenvalue weighted by atomic mass is 16.3. The lowest BCUT2D eigenvalue weighted by atomic mass is 9.95. The van der Waals surface area contributed by atoms with Crippen LogP contribution in [0.1, 0.15) is 0 Å². The number of hydrogen-bond donors (Lipinski definition) is 0. The highest BCUT2D eigenvalue weighted by Gasteiger charge is 2.26. The number of furan rings is 1. The molecule has 3 heteroatoms. The van der Waals surface area contributed by atoms with Gasteiger partial charge in [-0.25, -0.2) is 0 Å². The molecule has 0 aliphatic carbocycles. The zero-order valence-corrected chi connectivity index (χ0v) is 33.2. The number of fused-ring (bicyclic) bond motifs is 9. The highest BCUT2D eigenvalue weighted by Crippen LogP contribution is 2.51. The highest BCUT2D eigenvalue weighted by molar-refractivity contribution is 6.13. The molecule has 1 aliphatic rings. The summed E-state index contributed by atoms with van der Waals surface area (Å²) in [6, 6.07) is 82.9. The summed E-state index contributed by atoms with van der Waals surface area (Å²) in [7, 11) is 0. The Kier molecular flexibility index (Phi) is 8.17. The van der Waals surface area contributed by atoms with Crippen LogP contribution in [0, 0.1) is 0 Å². The van der Waals surface area contributed by atoms with Gasteiger partial charge in [0.25, 0.3) is 0 Å². The predicted molar refractivity (Wildman–Crippen MR) is 256 cm³/mol. The minimum Gasteiger partial charge on any atom is -0.455 e. The third-order valence-electron chi connectivity index (χ3n) is 12.2. The third kappa shape index (κ3) is 5.74. The fourth-order valence-electron chi connectivity index (χ4n) is 9.44. The average Bonchev–Trinajstić information content (AvgIpc) is 3.67. The lowest BCUT2D eigenvalue weighted by Gasteiger charge is -2.30. The van der Waals surface area contributed by atoms with Crippen LogP contribution in [0.15, 0.2) is 235 Å². The van der Waals surface area contributed by atoms with Crippen LogP contribution < -0.4 is 9.80 Å². The van der Waals surface area contributed by atoms with Crippen LogP contribution in [0.3, 0.4) is 0 Å². The predicted octanol–water partition coefficient (Wildman–Crippen LogP) is 16.7. The van der Waals surface area contributed by atoms with Crippen molar-refractivity contribution in [1.29, 1.82) is 0 Å². The molecule has 0 amide bonds. The van der Waals surface area contributed by atoms with Gasteiger partial charge in [-0.05, 0) is 82.2 Å². The first-order valence-corrected chi connectivity index (χ1v) is 20.8. The Morgan fingerprint density at radius 1 is 0.328 bits per heavy atom. The summed E-state index contributed by atoms with van der Waals surface area (Å²) in [6.45, 7) is 0. The maximum absolute atomic E-state index is 6.88. The molecule has 0 fully saturated rings. The van der Waals surface area contributed by atoms with Gasteiger partial charge in [-0.2, -0.15) is 0 Å². The van der Waals surface area contributed by atoms with Crippen LogP contribution in [0.2, 0.25) is 0 Å². The van der Waals surface area contributed by atoms with E-state index in [9.17, 15) is 0 Å². The maximum atomic E-state index is 6.88. The molecule has 0 bridgehead atoms. The Labute approximate surface area is 354 Å². The van der Waals surface area contributed by atoms with Crippen LogP contribution in [0.4, 0.5) is 34.1 Å². The first-order chi connectivity index (χ1) is 30.3. The molecule has 11 aromatic rings. The molecule has 0 saturated carbocycles. The van der Waals surface area contributed by atoms with E-state index in [-0.39, 0.29) is 0 Å². The molecule has 12 rings (SSSR count). The van der Waals surface area contributed by atoms with Crippen molar-refractivity contribution in [2.24, 2.45) is 0 Å². The van der Waals surface area contributed by atoms with Crippen LogP contribution in [-0.4, -0.2) is 0 Å². The van der Waals surface area contributed by atoms with Gasteiger partial charge in [0.15, 0.2) is 0 Å². The zero-order chi connectivity index (χ0) is 40.3. The van der Waals surface area contributed by atoms with Crippen LogP contribution in [0.25, 0.3) is 77.2 Å². The quantitative estimate of drug-likeness (QED) is 0.168. The third-order valence-corrected chi connectivity index (χ3v) is 12.2. The number of para-hydroxylation sites is 4. The molecular weight excluding hydrogens is 741 g/mol. The summed E-state index contributed by atoms with van der Waals surface area (Å²) in [5.41, 5.74) is 17.7. The Morgan fingerprint density at radius 2 is 0.820 bits per heavy atom. The lowest BCUT2D eigenvalue weighted by molar-refractivity contribution is 0.671. The molecule has 0 N–H and O–H groups in total. The zero-order valence-electron chi connectivity index (χ0n) is 33.2. The molecule has 0 unspecified atom stereocenters. The van der Waals surface area contributed by atoms with Gasteiger partial charge in [0.05, 0.1) is 17.1 Å². The van der Waals surface area contributed by atoms with Gasteiger partial charge >= 0.3 is 0 Å². The molecule has 61 heavy (non-hydrogen) atoms. The standard InChI is InChI=1S/C58H38N2O/c1-2-16-40(17-3-1)46-27-14-29-52-53-30-15-28-47(58(53)61-57(46)52)41-20-12-21-44(38-41)59(54-33-13-19-39-18-4-5-22-45(39)54)42-34-36-43(37-35-42)60-55-31-10-8-25-50(55)48-23-6-7-24-49(48)51-26-9-11-32-56(51)60/h1-38H. The maximum Gasteiger partial charge on any atom is 0.143 e. The number of anilines is 6. The number of benzene rings is 10. The molecule has 0 radical (unpaired) electrons. The molecule has 1 aliphatic heterocycles. The largest absolute Gasteiger partial charge is 0.455 e. The summed E-state index contributed by atoms with van der Waals surface area (Å²) in [6.07, 6.45) is 0. The van der Waals surface area contributed by atoms with E-state index < -0.39 is 0 Å². The van der Waals surface area contributed by atoms with Gasteiger partial charge in [0.2, 0.25) is 0 Å². The summed E-state index contributed by atoms with van der Waals surface area (Å²) < 4.78 is 6.88. The SMILES string of the molecule is c1ccc(-c2cccc3c2oc2c(-c4cccc(N(c5ccc(N6c7ccccc7-c7ccccc7-c7ccccc76)cc5)c5cccc6ccccc56)c4)cccc23)cc1. The minimum absolute atomic E-state index is 0.888. The van der Waals surface area contributed by atoms with E-state index in [4.69, 9.17) is 4.42 Å². The van der Waals surface area contributed by atoms with Gasteiger partial charge in [-0.15, -0.1) is 0 Å². The van der Waals surface area contributed by atoms with Crippen LogP contribution in [0.5, 0.6) is 0 Å². The minimum atomic E-state index is 0.888. The fraction of sp³-hybridized carbons (Fsp3) is 0. The van der Waals surface area contributed by atoms with Crippen molar-refractivity contribution in [3.8, 4) is 44.5 Å². The summed E-state index contributed by atoms with van der Waals surface area (Å²) in [5.74, 6) is 0. The Bertz CT molecular complexity index is 3370. The summed E-state index contributed by atoms with van der Waals surface area (Å²) in [5, 5.41) is 4.60. The first kappa shape index (κ1) is 34.9. The van der Waals surface area contributed by atoms with E-state index in [0.717, 1.165) is 78.3 Å².